The first kappa shape index (κ1) is 11.7. The molecule has 3 nitrogen and oxygen atoms in total. The van der Waals surface area contributed by atoms with E-state index in [1.165, 1.54) is 12.8 Å². The van der Waals surface area contributed by atoms with Gasteiger partial charge >= 0.3 is 0 Å². The van der Waals surface area contributed by atoms with E-state index >= 15 is 0 Å². The fraction of sp³-hybridized carbons (Fsp3) is 0.778. The molecule has 0 atom stereocenters. The molecule has 2 rings (SSSR count). The maximum atomic E-state index is 5.88. The van der Waals surface area contributed by atoms with Crippen LogP contribution in [0.3, 0.4) is 0 Å². The molecule has 0 bridgehead atoms. The Hall–Kier alpha value is 0.220. The molecule has 0 aliphatic heterocycles. The van der Waals surface area contributed by atoms with Gasteiger partial charge < -0.3 is 5.73 Å². The quantitative estimate of drug-likeness (QED) is 0.848. The van der Waals surface area contributed by atoms with Crippen molar-refractivity contribution >= 4 is 34.9 Å². The van der Waals surface area contributed by atoms with Crippen molar-refractivity contribution in [2.24, 2.45) is 5.73 Å². The van der Waals surface area contributed by atoms with Gasteiger partial charge in [-0.15, -0.1) is 10.2 Å². The van der Waals surface area contributed by atoms with Gasteiger partial charge in [-0.3, -0.25) is 0 Å². The number of hydrogen-bond donors (Lipinski definition) is 1. The van der Waals surface area contributed by atoms with Crippen LogP contribution in [0.1, 0.15) is 25.7 Å². The molecule has 0 amide bonds. The molecular weight excluding hydrogens is 246 g/mol. The second-order valence-corrected chi connectivity index (χ2v) is 7.27. The van der Waals surface area contributed by atoms with Gasteiger partial charge in [0.15, 0.2) is 8.68 Å². The smallest absolute Gasteiger partial charge is 0.175 e. The lowest BCUT2D eigenvalue weighted by Crippen LogP contribution is -2.27. The highest BCUT2D eigenvalue weighted by Gasteiger charge is 2.20. The summed E-state index contributed by atoms with van der Waals surface area (Å²) in [4.78, 5) is 0. The molecule has 1 aliphatic carbocycles. The number of nitrogens with two attached hydrogens (primary N) is 1. The van der Waals surface area contributed by atoms with Crippen LogP contribution in [0.4, 0.5) is 0 Å². The molecule has 15 heavy (non-hydrogen) atoms. The zero-order valence-electron chi connectivity index (χ0n) is 8.68. The maximum Gasteiger partial charge on any atom is 0.175 e. The number of hydrogen-bond acceptors (Lipinski definition) is 6. The predicted octanol–water partition coefficient (Wildman–Crippen LogP) is 2.62. The van der Waals surface area contributed by atoms with Gasteiger partial charge in [0.05, 0.1) is 0 Å². The van der Waals surface area contributed by atoms with Crippen molar-refractivity contribution in [1.82, 2.24) is 10.2 Å². The molecule has 84 valence electrons. The number of rotatable bonds is 3. The van der Waals surface area contributed by atoms with E-state index in [9.17, 15) is 0 Å². The van der Waals surface area contributed by atoms with Crippen LogP contribution in [0, 0.1) is 0 Å². The lowest BCUT2D eigenvalue weighted by atomic mass is 9.96. The summed E-state index contributed by atoms with van der Waals surface area (Å²) in [5, 5.41) is 8.98. The van der Waals surface area contributed by atoms with Gasteiger partial charge in [0.25, 0.3) is 0 Å². The molecule has 0 spiro atoms. The van der Waals surface area contributed by atoms with Gasteiger partial charge in [-0.05, 0) is 31.9 Å². The Morgan fingerprint density at radius 2 is 1.87 bits per heavy atom. The lowest BCUT2D eigenvalue weighted by molar-refractivity contribution is 0.450. The van der Waals surface area contributed by atoms with E-state index < -0.39 is 0 Å². The predicted molar refractivity (Wildman–Crippen MR) is 67.8 cm³/mol. The molecule has 0 unspecified atom stereocenters. The van der Waals surface area contributed by atoms with Gasteiger partial charge in [-0.2, -0.15) is 0 Å². The first-order valence-electron chi connectivity index (χ1n) is 5.07. The summed E-state index contributed by atoms with van der Waals surface area (Å²) >= 11 is 5.24. The van der Waals surface area contributed by atoms with Crippen molar-refractivity contribution in [3.05, 3.63) is 0 Å². The van der Waals surface area contributed by atoms with Crippen molar-refractivity contribution in [1.29, 1.82) is 0 Å². The molecule has 1 aromatic heterocycles. The normalized spacial score (nSPS) is 26.8. The summed E-state index contributed by atoms with van der Waals surface area (Å²) in [6.45, 7) is 0. The van der Waals surface area contributed by atoms with Gasteiger partial charge in [-0.25, -0.2) is 0 Å². The van der Waals surface area contributed by atoms with E-state index in [2.05, 4.69) is 10.2 Å². The van der Waals surface area contributed by atoms with Gasteiger partial charge in [0, 0.05) is 11.3 Å². The molecule has 1 aliphatic rings. The van der Waals surface area contributed by atoms with Crippen molar-refractivity contribution in [3.8, 4) is 0 Å². The van der Waals surface area contributed by atoms with Crippen LogP contribution in [-0.4, -0.2) is 27.7 Å². The number of aromatic nitrogens is 2. The summed E-state index contributed by atoms with van der Waals surface area (Å²) < 4.78 is 2.17. The monoisotopic (exact) mass is 261 g/mol. The minimum atomic E-state index is 0.429. The first-order valence-corrected chi connectivity index (χ1v) is 7.99. The van der Waals surface area contributed by atoms with E-state index in [0.717, 1.165) is 21.5 Å². The third-order valence-electron chi connectivity index (χ3n) is 2.55. The van der Waals surface area contributed by atoms with E-state index in [4.69, 9.17) is 5.73 Å². The maximum absolute atomic E-state index is 5.88. The summed E-state index contributed by atoms with van der Waals surface area (Å²) in [6, 6.07) is 0.429. The van der Waals surface area contributed by atoms with Crippen LogP contribution in [0.5, 0.6) is 0 Å². The summed E-state index contributed by atoms with van der Waals surface area (Å²) in [5.41, 5.74) is 5.88. The Balaban J connectivity index is 1.86. The molecule has 0 radical (unpaired) electrons. The average Bonchev–Trinajstić information content (AvgIpc) is 2.69. The third kappa shape index (κ3) is 3.34. The van der Waals surface area contributed by atoms with Gasteiger partial charge in [-0.1, -0.05) is 34.9 Å². The van der Waals surface area contributed by atoms with E-state index in [0.29, 0.717) is 11.3 Å². The third-order valence-corrected chi connectivity index (χ3v) is 5.87. The molecule has 1 saturated carbocycles. The Labute approximate surface area is 103 Å². The summed E-state index contributed by atoms with van der Waals surface area (Å²) in [5.74, 6) is 0. The molecule has 2 N–H and O–H groups in total. The highest BCUT2D eigenvalue weighted by atomic mass is 32.2. The zero-order chi connectivity index (χ0) is 10.7. The molecule has 0 saturated heterocycles. The Bertz CT molecular complexity index is 307. The Kier molecular flexibility index (Phi) is 4.30. The highest BCUT2D eigenvalue weighted by molar-refractivity contribution is 8.03. The van der Waals surface area contributed by atoms with Crippen molar-refractivity contribution < 1.29 is 0 Å². The van der Waals surface area contributed by atoms with Gasteiger partial charge in [0.2, 0.25) is 0 Å². The standard InChI is InChI=1S/C9H15N3S3/c1-13-8-11-12-9(15-8)14-7-4-2-6(10)3-5-7/h6-7H,2-5,10H2,1H3. The number of nitrogens with zero attached hydrogens (tertiary/aromatic N) is 2. The molecule has 0 aromatic carbocycles. The van der Waals surface area contributed by atoms with Crippen molar-refractivity contribution in [2.75, 3.05) is 6.26 Å². The fourth-order valence-electron chi connectivity index (χ4n) is 1.68. The minimum Gasteiger partial charge on any atom is -0.328 e. The zero-order valence-corrected chi connectivity index (χ0v) is 11.1. The summed E-state index contributed by atoms with van der Waals surface area (Å²) in [7, 11) is 0. The largest absolute Gasteiger partial charge is 0.328 e. The second kappa shape index (κ2) is 5.52. The summed E-state index contributed by atoms with van der Waals surface area (Å²) in [6.07, 6.45) is 6.80. The SMILES string of the molecule is CSc1nnc(SC2CCC(N)CC2)s1. The molecule has 1 fully saturated rings. The topological polar surface area (TPSA) is 51.8 Å². The van der Waals surface area contributed by atoms with Crippen LogP contribution >= 0.6 is 34.9 Å². The second-order valence-electron chi connectivity index (χ2n) is 3.69. The molecule has 1 aromatic rings. The average molecular weight is 261 g/mol. The number of thioether (sulfide) groups is 2. The van der Waals surface area contributed by atoms with Crippen LogP contribution in [-0.2, 0) is 0 Å². The highest BCUT2D eigenvalue weighted by Crippen LogP contribution is 2.36. The van der Waals surface area contributed by atoms with E-state index in [1.54, 1.807) is 23.1 Å². The Morgan fingerprint density at radius 1 is 1.20 bits per heavy atom. The van der Waals surface area contributed by atoms with E-state index in [-0.39, 0.29) is 0 Å². The van der Waals surface area contributed by atoms with E-state index in [1.807, 2.05) is 18.0 Å². The first-order chi connectivity index (χ1) is 7.28. The minimum absolute atomic E-state index is 0.429. The van der Waals surface area contributed by atoms with Crippen LogP contribution in [0.2, 0.25) is 0 Å². The van der Waals surface area contributed by atoms with Crippen LogP contribution in [0.25, 0.3) is 0 Å². The van der Waals surface area contributed by atoms with Crippen LogP contribution < -0.4 is 5.73 Å². The molecular formula is C9H15N3S3. The fourth-order valence-corrected chi connectivity index (χ4v) is 4.56. The Morgan fingerprint density at radius 3 is 2.47 bits per heavy atom. The van der Waals surface area contributed by atoms with Crippen molar-refractivity contribution in [2.45, 2.75) is 45.7 Å². The van der Waals surface area contributed by atoms with Gasteiger partial charge in [0.1, 0.15) is 0 Å². The molecule has 1 heterocycles. The lowest BCUT2D eigenvalue weighted by Gasteiger charge is -2.24. The van der Waals surface area contributed by atoms with Crippen LogP contribution in [0.15, 0.2) is 8.68 Å². The molecule has 6 heteroatoms. The van der Waals surface area contributed by atoms with Crippen molar-refractivity contribution in [3.63, 3.8) is 0 Å².